The van der Waals surface area contributed by atoms with Gasteiger partial charge < -0.3 is 0 Å². The summed E-state index contributed by atoms with van der Waals surface area (Å²) < 4.78 is 3.70. The number of carbonyl (C=O) groups is 1. The molecule has 7 nitrogen and oxygen atoms in total. The largest absolute Gasteiger partial charge is 0.279 e. The van der Waals surface area contributed by atoms with Gasteiger partial charge in [0, 0.05) is 11.8 Å². The second-order valence-corrected chi connectivity index (χ2v) is 8.74. The van der Waals surface area contributed by atoms with E-state index in [-0.39, 0.29) is 5.91 Å². The molecule has 1 amide bonds. The van der Waals surface area contributed by atoms with Gasteiger partial charge in [0.2, 0.25) is 10.6 Å². The van der Waals surface area contributed by atoms with Crippen LogP contribution in [0.25, 0.3) is 33.2 Å². The molecule has 6 rings (SSSR count). The summed E-state index contributed by atoms with van der Waals surface area (Å²) in [6, 6.07) is 26.8. The van der Waals surface area contributed by atoms with Gasteiger partial charge in [0.25, 0.3) is 5.91 Å². The molecule has 0 aliphatic rings. The Kier molecular flexibility index (Phi) is 4.85. The van der Waals surface area contributed by atoms with Gasteiger partial charge in [0.15, 0.2) is 5.01 Å². The minimum absolute atomic E-state index is 0.315. The zero-order valence-electron chi connectivity index (χ0n) is 18.2. The summed E-state index contributed by atoms with van der Waals surface area (Å²) in [4.78, 5) is 26.9. The lowest BCUT2D eigenvalue weighted by molar-refractivity contribution is 0.0998. The van der Waals surface area contributed by atoms with Crippen LogP contribution in [-0.2, 0) is 0 Å². The number of hydrogen-bond donors (Lipinski definition) is 0. The molecular weight excluding hydrogens is 444 g/mol. The van der Waals surface area contributed by atoms with Crippen molar-refractivity contribution in [3.8, 4) is 16.4 Å². The number of carbonyl (C=O) groups excluding carboxylic acids is 1. The van der Waals surface area contributed by atoms with Crippen LogP contribution in [0, 0.1) is 6.92 Å². The molecule has 0 aliphatic heterocycles. The highest BCUT2D eigenvalue weighted by atomic mass is 32.1. The second kappa shape index (κ2) is 8.17. The van der Waals surface area contributed by atoms with Crippen molar-refractivity contribution in [2.24, 2.45) is 4.99 Å². The van der Waals surface area contributed by atoms with Gasteiger partial charge in [0.1, 0.15) is 0 Å². The van der Waals surface area contributed by atoms with E-state index in [4.69, 9.17) is 5.10 Å². The highest BCUT2D eigenvalue weighted by Crippen LogP contribution is 2.25. The SMILES string of the molecule is Cc1ccc(-n2nc(-c3ccnc4nc5ccccc5n34)sc2=NC(=O)c2ccccc2)cc1. The maximum absolute atomic E-state index is 12.9. The number of nitrogens with zero attached hydrogens (tertiary/aromatic N) is 6. The molecule has 3 aromatic heterocycles. The second-order valence-electron chi connectivity index (χ2n) is 7.79. The zero-order valence-corrected chi connectivity index (χ0v) is 19.0. The van der Waals surface area contributed by atoms with Crippen molar-refractivity contribution in [3.63, 3.8) is 0 Å². The van der Waals surface area contributed by atoms with E-state index in [1.54, 1.807) is 23.0 Å². The monoisotopic (exact) mass is 462 g/mol. The molecule has 0 N–H and O–H groups in total. The Labute approximate surface area is 198 Å². The van der Waals surface area contributed by atoms with Crippen LogP contribution in [0.3, 0.4) is 0 Å². The average Bonchev–Trinajstić information content (AvgIpc) is 3.46. The lowest BCUT2D eigenvalue weighted by Gasteiger charge is -2.03. The topological polar surface area (TPSA) is 77.4 Å². The van der Waals surface area contributed by atoms with E-state index in [2.05, 4.69) is 15.0 Å². The standard InChI is InChI=1S/C26H18N6OS/c1-17-11-13-19(14-12-17)32-26(29-23(33)18-7-3-2-4-8-18)34-24(30-32)22-15-16-27-25-28-20-9-5-6-10-21(20)31(22)25/h2-16H,1H3. The number of hydrogen-bond acceptors (Lipinski definition) is 5. The number of amides is 1. The minimum atomic E-state index is -0.315. The number of imidazole rings is 1. The maximum atomic E-state index is 12.9. The van der Waals surface area contributed by atoms with Gasteiger partial charge in [-0.1, -0.05) is 59.4 Å². The van der Waals surface area contributed by atoms with E-state index < -0.39 is 0 Å². The van der Waals surface area contributed by atoms with Crippen LogP contribution in [0.2, 0.25) is 0 Å². The van der Waals surface area contributed by atoms with Crippen molar-refractivity contribution in [2.75, 3.05) is 0 Å². The predicted octanol–water partition coefficient (Wildman–Crippen LogP) is 4.85. The van der Waals surface area contributed by atoms with Gasteiger partial charge in [-0.15, -0.1) is 0 Å². The lowest BCUT2D eigenvalue weighted by atomic mass is 10.2. The van der Waals surface area contributed by atoms with Gasteiger partial charge in [-0.25, -0.2) is 14.6 Å². The van der Waals surface area contributed by atoms with E-state index >= 15 is 0 Å². The number of rotatable bonds is 3. The van der Waals surface area contributed by atoms with Crippen LogP contribution in [0.15, 0.2) is 96.1 Å². The molecule has 0 fully saturated rings. The molecule has 0 atom stereocenters. The van der Waals surface area contributed by atoms with Crippen molar-refractivity contribution in [3.05, 3.63) is 107 Å². The number of aromatic nitrogens is 5. The van der Waals surface area contributed by atoms with Crippen molar-refractivity contribution < 1.29 is 4.79 Å². The summed E-state index contributed by atoms with van der Waals surface area (Å²) in [5, 5.41) is 5.58. The summed E-state index contributed by atoms with van der Waals surface area (Å²) in [5.41, 5.74) is 5.12. The molecule has 0 bridgehead atoms. The molecule has 0 unspecified atom stereocenters. The Hall–Kier alpha value is -4.43. The molecule has 0 spiro atoms. The summed E-state index contributed by atoms with van der Waals surface area (Å²) >= 11 is 1.35. The highest BCUT2D eigenvalue weighted by Gasteiger charge is 2.16. The number of fused-ring (bicyclic) bond motifs is 3. The number of aryl methyl sites for hydroxylation is 1. The molecule has 3 aromatic carbocycles. The Bertz CT molecular complexity index is 1730. The van der Waals surface area contributed by atoms with Gasteiger partial charge in [-0.05, 0) is 49.4 Å². The number of para-hydroxylation sites is 2. The third-order valence-electron chi connectivity index (χ3n) is 5.48. The molecule has 0 aliphatic carbocycles. The van der Waals surface area contributed by atoms with Crippen LogP contribution < -0.4 is 4.80 Å². The Morgan fingerprint density at radius 3 is 2.50 bits per heavy atom. The van der Waals surface area contributed by atoms with E-state index in [1.807, 2.05) is 84.1 Å². The molecule has 6 aromatic rings. The third-order valence-corrected chi connectivity index (χ3v) is 6.41. The minimum Gasteiger partial charge on any atom is -0.274 e. The average molecular weight is 463 g/mol. The molecule has 0 saturated heterocycles. The first kappa shape index (κ1) is 20.2. The van der Waals surface area contributed by atoms with Gasteiger partial charge in [-0.3, -0.25) is 9.20 Å². The smallest absolute Gasteiger partial charge is 0.274 e. The first-order valence-electron chi connectivity index (χ1n) is 10.7. The van der Waals surface area contributed by atoms with E-state index in [9.17, 15) is 4.79 Å². The molecule has 0 saturated carbocycles. The maximum Gasteiger partial charge on any atom is 0.279 e. The Morgan fingerprint density at radius 1 is 0.912 bits per heavy atom. The predicted molar refractivity (Wildman–Crippen MR) is 132 cm³/mol. The number of benzene rings is 3. The molecule has 3 heterocycles. The van der Waals surface area contributed by atoms with Crippen LogP contribution >= 0.6 is 11.3 Å². The normalized spacial score (nSPS) is 12.0. The fourth-order valence-corrected chi connectivity index (χ4v) is 4.72. The Morgan fingerprint density at radius 2 is 1.68 bits per heavy atom. The first-order valence-corrected chi connectivity index (χ1v) is 11.5. The van der Waals surface area contributed by atoms with Crippen LogP contribution in [-0.4, -0.2) is 30.1 Å². The molecule has 8 heteroatoms. The van der Waals surface area contributed by atoms with Crippen molar-refractivity contribution >= 4 is 34.1 Å². The summed E-state index contributed by atoms with van der Waals surface area (Å²) in [6.07, 6.45) is 1.72. The van der Waals surface area contributed by atoms with Gasteiger partial charge >= 0.3 is 0 Å². The highest BCUT2D eigenvalue weighted by molar-refractivity contribution is 7.12. The fourth-order valence-electron chi connectivity index (χ4n) is 3.80. The van der Waals surface area contributed by atoms with Crippen LogP contribution in [0.4, 0.5) is 0 Å². The van der Waals surface area contributed by atoms with Crippen molar-refractivity contribution in [1.82, 2.24) is 24.1 Å². The fraction of sp³-hybridized carbons (Fsp3) is 0.0385. The lowest BCUT2D eigenvalue weighted by Crippen LogP contribution is -2.16. The van der Waals surface area contributed by atoms with E-state index in [0.29, 0.717) is 21.2 Å². The third kappa shape index (κ3) is 3.50. The van der Waals surface area contributed by atoms with Crippen molar-refractivity contribution in [2.45, 2.75) is 6.92 Å². The summed E-state index contributed by atoms with van der Waals surface area (Å²) in [5.74, 6) is 0.277. The van der Waals surface area contributed by atoms with Crippen molar-refractivity contribution in [1.29, 1.82) is 0 Å². The molecule has 34 heavy (non-hydrogen) atoms. The summed E-state index contributed by atoms with van der Waals surface area (Å²) in [7, 11) is 0. The van der Waals surface area contributed by atoms with Gasteiger partial charge in [0.05, 0.1) is 22.4 Å². The molecular formula is C26H18N6OS. The van der Waals surface area contributed by atoms with Gasteiger partial charge in [-0.2, -0.15) is 10.1 Å². The van der Waals surface area contributed by atoms with Crippen LogP contribution in [0.5, 0.6) is 0 Å². The quantitative estimate of drug-likeness (QED) is 0.377. The Balaban J connectivity index is 1.59. The van der Waals surface area contributed by atoms with Crippen LogP contribution in [0.1, 0.15) is 15.9 Å². The van der Waals surface area contributed by atoms with E-state index in [1.165, 1.54) is 11.3 Å². The zero-order chi connectivity index (χ0) is 23.1. The van der Waals surface area contributed by atoms with E-state index in [0.717, 1.165) is 28.0 Å². The molecule has 0 radical (unpaired) electrons. The first-order chi connectivity index (χ1) is 16.7. The summed E-state index contributed by atoms with van der Waals surface area (Å²) in [6.45, 7) is 2.03. The molecule has 164 valence electrons.